The SMILES string of the molecule is CC(N)CCNC(=O)C1CC1c1ccc(F)cc1F.Cl. The Morgan fingerprint density at radius 2 is 2.20 bits per heavy atom. The van der Waals surface area contributed by atoms with E-state index in [2.05, 4.69) is 5.32 Å². The largest absolute Gasteiger partial charge is 0.356 e. The number of halogens is 3. The van der Waals surface area contributed by atoms with Crippen LogP contribution in [0, 0.1) is 17.6 Å². The monoisotopic (exact) mass is 304 g/mol. The summed E-state index contributed by atoms with van der Waals surface area (Å²) < 4.78 is 26.3. The Morgan fingerprint density at radius 3 is 2.80 bits per heavy atom. The predicted molar refractivity (Wildman–Crippen MR) is 75.7 cm³/mol. The number of hydrogen-bond donors (Lipinski definition) is 2. The number of amides is 1. The topological polar surface area (TPSA) is 55.1 Å². The van der Waals surface area contributed by atoms with Gasteiger partial charge in [0, 0.05) is 24.6 Å². The molecule has 1 saturated carbocycles. The second kappa shape index (κ2) is 6.99. The average Bonchev–Trinajstić information content (AvgIpc) is 3.08. The van der Waals surface area contributed by atoms with E-state index in [9.17, 15) is 13.6 Å². The third-order valence-electron chi connectivity index (χ3n) is 3.39. The van der Waals surface area contributed by atoms with Crippen molar-refractivity contribution in [3.63, 3.8) is 0 Å². The summed E-state index contributed by atoms with van der Waals surface area (Å²) in [4.78, 5) is 11.8. The minimum atomic E-state index is -0.597. The van der Waals surface area contributed by atoms with E-state index in [-0.39, 0.29) is 36.2 Å². The highest BCUT2D eigenvalue weighted by Gasteiger charge is 2.45. The van der Waals surface area contributed by atoms with E-state index in [1.807, 2.05) is 6.92 Å². The molecule has 0 spiro atoms. The molecule has 0 saturated heterocycles. The maximum Gasteiger partial charge on any atom is 0.223 e. The van der Waals surface area contributed by atoms with Crippen molar-refractivity contribution in [1.29, 1.82) is 0 Å². The van der Waals surface area contributed by atoms with Crippen LogP contribution in [0.3, 0.4) is 0 Å². The van der Waals surface area contributed by atoms with Gasteiger partial charge >= 0.3 is 0 Å². The highest BCUT2D eigenvalue weighted by atomic mass is 35.5. The van der Waals surface area contributed by atoms with Crippen molar-refractivity contribution in [3.8, 4) is 0 Å². The van der Waals surface area contributed by atoms with Gasteiger partial charge in [-0.1, -0.05) is 6.07 Å². The predicted octanol–water partition coefficient (Wildman–Crippen LogP) is 2.34. The molecule has 3 atom stereocenters. The number of nitrogens with one attached hydrogen (secondary N) is 1. The number of benzene rings is 1. The number of rotatable bonds is 5. The third-order valence-corrected chi connectivity index (χ3v) is 3.39. The average molecular weight is 305 g/mol. The molecule has 1 aromatic carbocycles. The van der Waals surface area contributed by atoms with Crippen LogP contribution in [0.1, 0.15) is 31.2 Å². The Balaban J connectivity index is 0.00000200. The maximum absolute atomic E-state index is 13.5. The number of hydrogen-bond acceptors (Lipinski definition) is 2. The van der Waals surface area contributed by atoms with Crippen LogP contribution in [0.25, 0.3) is 0 Å². The fourth-order valence-corrected chi connectivity index (χ4v) is 2.18. The van der Waals surface area contributed by atoms with E-state index >= 15 is 0 Å². The fraction of sp³-hybridized carbons (Fsp3) is 0.500. The van der Waals surface area contributed by atoms with Gasteiger partial charge in [0.15, 0.2) is 0 Å². The highest BCUT2D eigenvalue weighted by Crippen LogP contribution is 2.48. The molecule has 0 aliphatic heterocycles. The van der Waals surface area contributed by atoms with Crippen LogP contribution in [-0.2, 0) is 4.79 Å². The van der Waals surface area contributed by atoms with Crippen molar-refractivity contribution in [1.82, 2.24) is 5.32 Å². The second-order valence-electron chi connectivity index (χ2n) is 5.17. The van der Waals surface area contributed by atoms with Crippen LogP contribution in [0.2, 0.25) is 0 Å². The van der Waals surface area contributed by atoms with E-state index in [0.29, 0.717) is 24.9 Å². The van der Waals surface area contributed by atoms with Crippen molar-refractivity contribution in [2.24, 2.45) is 11.7 Å². The molecule has 3 nitrogen and oxygen atoms in total. The lowest BCUT2D eigenvalue weighted by Gasteiger charge is -2.07. The summed E-state index contributed by atoms with van der Waals surface area (Å²) >= 11 is 0. The second-order valence-corrected chi connectivity index (χ2v) is 5.17. The van der Waals surface area contributed by atoms with Crippen LogP contribution in [0.5, 0.6) is 0 Å². The van der Waals surface area contributed by atoms with Gasteiger partial charge in [-0.05, 0) is 37.3 Å². The summed E-state index contributed by atoms with van der Waals surface area (Å²) in [5.41, 5.74) is 6.01. The summed E-state index contributed by atoms with van der Waals surface area (Å²) in [6, 6.07) is 3.55. The van der Waals surface area contributed by atoms with Gasteiger partial charge in [-0.3, -0.25) is 4.79 Å². The molecular formula is C14H19ClF2N2O. The fourth-order valence-electron chi connectivity index (χ4n) is 2.18. The smallest absolute Gasteiger partial charge is 0.223 e. The van der Waals surface area contributed by atoms with Gasteiger partial charge in [0.05, 0.1) is 0 Å². The first kappa shape index (κ1) is 16.9. The molecule has 1 aliphatic rings. The summed E-state index contributed by atoms with van der Waals surface area (Å²) in [5.74, 6) is -1.57. The molecule has 3 unspecified atom stereocenters. The van der Waals surface area contributed by atoms with Crippen LogP contribution in [-0.4, -0.2) is 18.5 Å². The minimum absolute atomic E-state index is 0. The molecule has 112 valence electrons. The Morgan fingerprint density at radius 1 is 1.50 bits per heavy atom. The number of carbonyl (C=O) groups is 1. The van der Waals surface area contributed by atoms with Crippen LogP contribution < -0.4 is 11.1 Å². The third kappa shape index (κ3) is 4.15. The van der Waals surface area contributed by atoms with Gasteiger partial charge in [-0.15, -0.1) is 12.4 Å². The standard InChI is InChI=1S/C14H18F2N2O.ClH/c1-8(17)4-5-18-14(19)12-7-11(12)10-3-2-9(15)6-13(10)16;/h2-3,6,8,11-12H,4-5,7,17H2,1H3,(H,18,19);1H. The first-order valence-electron chi connectivity index (χ1n) is 6.47. The molecular weight excluding hydrogens is 286 g/mol. The number of nitrogens with two attached hydrogens (primary N) is 1. The van der Waals surface area contributed by atoms with Crippen LogP contribution in [0.4, 0.5) is 8.78 Å². The van der Waals surface area contributed by atoms with Gasteiger partial charge < -0.3 is 11.1 Å². The molecule has 2 rings (SSSR count). The van der Waals surface area contributed by atoms with Crippen LogP contribution >= 0.6 is 12.4 Å². The van der Waals surface area contributed by atoms with Crippen molar-refractivity contribution in [2.45, 2.75) is 31.7 Å². The Labute approximate surface area is 123 Å². The zero-order valence-electron chi connectivity index (χ0n) is 11.2. The van der Waals surface area contributed by atoms with Gasteiger partial charge in [0.25, 0.3) is 0 Å². The molecule has 1 fully saturated rings. The Bertz CT molecular complexity index is 482. The van der Waals surface area contributed by atoms with Crippen molar-refractivity contribution >= 4 is 18.3 Å². The van der Waals surface area contributed by atoms with E-state index < -0.39 is 11.6 Å². The first-order chi connectivity index (χ1) is 8.99. The van der Waals surface area contributed by atoms with E-state index in [1.54, 1.807) is 0 Å². The van der Waals surface area contributed by atoms with Gasteiger partial charge in [-0.25, -0.2) is 8.78 Å². The molecule has 1 aliphatic carbocycles. The summed E-state index contributed by atoms with van der Waals surface area (Å²) in [6.07, 6.45) is 1.33. The summed E-state index contributed by atoms with van der Waals surface area (Å²) in [5, 5.41) is 2.79. The van der Waals surface area contributed by atoms with Crippen molar-refractivity contribution < 1.29 is 13.6 Å². The minimum Gasteiger partial charge on any atom is -0.356 e. The normalized spacial score (nSPS) is 21.8. The molecule has 6 heteroatoms. The molecule has 1 amide bonds. The lowest BCUT2D eigenvalue weighted by molar-refractivity contribution is -0.122. The number of carbonyl (C=O) groups excluding carboxylic acids is 1. The van der Waals surface area contributed by atoms with Gasteiger partial charge in [-0.2, -0.15) is 0 Å². The molecule has 0 bridgehead atoms. The molecule has 20 heavy (non-hydrogen) atoms. The van der Waals surface area contributed by atoms with E-state index in [0.717, 1.165) is 6.07 Å². The lowest BCUT2D eigenvalue weighted by atomic mass is 10.1. The lowest BCUT2D eigenvalue weighted by Crippen LogP contribution is -2.30. The maximum atomic E-state index is 13.5. The summed E-state index contributed by atoms with van der Waals surface area (Å²) in [6.45, 7) is 2.41. The molecule has 0 aromatic heterocycles. The summed E-state index contributed by atoms with van der Waals surface area (Å²) in [7, 11) is 0. The zero-order chi connectivity index (χ0) is 14.0. The Hall–Kier alpha value is -1.20. The Kier molecular flexibility index (Phi) is 5.89. The van der Waals surface area contributed by atoms with E-state index in [4.69, 9.17) is 5.73 Å². The highest BCUT2D eigenvalue weighted by molar-refractivity contribution is 5.85. The van der Waals surface area contributed by atoms with E-state index in [1.165, 1.54) is 12.1 Å². The van der Waals surface area contributed by atoms with Gasteiger partial charge in [0.2, 0.25) is 5.91 Å². The van der Waals surface area contributed by atoms with Gasteiger partial charge in [0.1, 0.15) is 11.6 Å². The quantitative estimate of drug-likeness (QED) is 0.877. The van der Waals surface area contributed by atoms with Crippen molar-refractivity contribution in [2.75, 3.05) is 6.54 Å². The van der Waals surface area contributed by atoms with Crippen LogP contribution in [0.15, 0.2) is 18.2 Å². The first-order valence-corrected chi connectivity index (χ1v) is 6.47. The molecule has 3 N–H and O–H groups in total. The molecule has 0 heterocycles. The zero-order valence-corrected chi connectivity index (χ0v) is 12.1. The molecule has 1 aromatic rings. The van der Waals surface area contributed by atoms with Crippen molar-refractivity contribution in [3.05, 3.63) is 35.4 Å². The molecule has 0 radical (unpaired) electrons.